The largest absolute Gasteiger partial charge is 0.397 e. The van der Waals surface area contributed by atoms with E-state index in [2.05, 4.69) is 0 Å². The van der Waals surface area contributed by atoms with Crippen LogP contribution in [0.4, 0.5) is 11.4 Å². The molecule has 0 saturated heterocycles. The summed E-state index contributed by atoms with van der Waals surface area (Å²) in [6.45, 7) is 0.351. The van der Waals surface area contributed by atoms with Gasteiger partial charge in [-0.05, 0) is 18.2 Å². The molecule has 0 aliphatic carbocycles. The lowest BCUT2D eigenvalue weighted by atomic mass is 10.1. The second-order valence-electron chi connectivity index (χ2n) is 5.02. The van der Waals surface area contributed by atoms with E-state index in [-0.39, 0.29) is 11.7 Å². The zero-order valence-corrected chi connectivity index (χ0v) is 13.1. The number of sulfone groups is 1. The van der Waals surface area contributed by atoms with Crippen LogP contribution in [0.15, 0.2) is 18.2 Å². The molecule has 0 heterocycles. The molecule has 20 heavy (non-hydrogen) atoms. The molecule has 0 aliphatic rings. The smallest absolute Gasteiger partial charge is 0.253 e. The molecule has 0 aliphatic heterocycles. The van der Waals surface area contributed by atoms with Crippen LogP contribution in [0.3, 0.4) is 0 Å². The van der Waals surface area contributed by atoms with Gasteiger partial charge in [0.1, 0.15) is 9.84 Å². The van der Waals surface area contributed by atoms with Gasteiger partial charge in [-0.1, -0.05) is 0 Å². The van der Waals surface area contributed by atoms with Crippen LogP contribution in [0.1, 0.15) is 10.4 Å². The number of amides is 1. The average Bonchev–Trinajstić information content (AvgIpc) is 2.33. The lowest BCUT2D eigenvalue weighted by molar-refractivity contribution is 0.0827. The number of carbonyl (C=O) groups is 1. The minimum absolute atomic E-state index is 0.0569. The standard InChI is InChI=1S/C13H21N3O3S/c1-15(2)13(17)10-5-6-12(11(14)9-10)16(3)7-8-20(4,18)19/h5-6,9H,7-8,14H2,1-4H3. The number of benzene rings is 1. The summed E-state index contributed by atoms with van der Waals surface area (Å²) in [6.07, 6.45) is 1.20. The van der Waals surface area contributed by atoms with Gasteiger partial charge in [-0.3, -0.25) is 4.79 Å². The minimum Gasteiger partial charge on any atom is -0.397 e. The molecule has 6 nitrogen and oxygen atoms in total. The summed E-state index contributed by atoms with van der Waals surface area (Å²) >= 11 is 0. The van der Waals surface area contributed by atoms with E-state index in [1.165, 1.54) is 11.2 Å². The van der Waals surface area contributed by atoms with Gasteiger partial charge < -0.3 is 15.5 Å². The molecule has 2 N–H and O–H groups in total. The van der Waals surface area contributed by atoms with E-state index in [9.17, 15) is 13.2 Å². The minimum atomic E-state index is -3.02. The summed E-state index contributed by atoms with van der Waals surface area (Å²) in [6, 6.07) is 5.02. The molecular weight excluding hydrogens is 278 g/mol. The van der Waals surface area contributed by atoms with Gasteiger partial charge in [0.2, 0.25) is 0 Å². The van der Waals surface area contributed by atoms with E-state index >= 15 is 0 Å². The molecule has 1 aromatic rings. The molecule has 1 rings (SSSR count). The summed E-state index contributed by atoms with van der Waals surface area (Å²) in [4.78, 5) is 15.1. The highest BCUT2D eigenvalue weighted by molar-refractivity contribution is 7.90. The van der Waals surface area contributed by atoms with E-state index < -0.39 is 9.84 Å². The van der Waals surface area contributed by atoms with E-state index in [0.717, 1.165) is 0 Å². The number of hydrogen-bond donors (Lipinski definition) is 1. The van der Waals surface area contributed by atoms with Crippen molar-refractivity contribution in [1.82, 2.24) is 4.90 Å². The molecule has 0 spiro atoms. The highest BCUT2D eigenvalue weighted by Crippen LogP contribution is 2.23. The van der Waals surface area contributed by atoms with Crippen molar-refractivity contribution < 1.29 is 13.2 Å². The van der Waals surface area contributed by atoms with Crippen LogP contribution in [-0.4, -0.2) is 58.9 Å². The predicted molar refractivity (Wildman–Crippen MR) is 81.9 cm³/mol. The summed E-state index contributed by atoms with van der Waals surface area (Å²) in [5, 5.41) is 0. The Morgan fingerprint density at radius 2 is 1.85 bits per heavy atom. The van der Waals surface area contributed by atoms with Crippen LogP contribution in [-0.2, 0) is 9.84 Å². The Labute approximate surface area is 120 Å². The molecule has 0 bridgehead atoms. The van der Waals surface area contributed by atoms with Crippen molar-refractivity contribution in [1.29, 1.82) is 0 Å². The number of nitrogen functional groups attached to an aromatic ring is 1. The van der Waals surface area contributed by atoms with Gasteiger partial charge in [-0.2, -0.15) is 0 Å². The van der Waals surface area contributed by atoms with Crippen molar-refractivity contribution in [2.45, 2.75) is 0 Å². The summed E-state index contributed by atoms with van der Waals surface area (Å²) < 4.78 is 22.3. The third-order valence-corrected chi connectivity index (χ3v) is 3.81. The lowest BCUT2D eigenvalue weighted by Crippen LogP contribution is -2.26. The summed E-state index contributed by atoms with van der Waals surface area (Å²) in [5.74, 6) is -0.0662. The maximum Gasteiger partial charge on any atom is 0.253 e. The van der Waals surface area contributed by atoms with Crippen molar-refractivity contribution in [2.24, 2.45) is 0 Å². The predicted octanol–water partition coefficient (Wildman–Crippen LogP) is 0.451. The molecule has 0 unspecified atom stereocenters. The quantitative estimate of drug-likeness (QED) is 0.798. The number of nitrogens with zero attached hydrogens (tertiary/aromatic N) is 2. The molecule has 0 radical (unpaired) electrons. The van der Waals surface area contributed by atoms with Gasteiger partial charge in [0.25, 0.3) is 5.91 Å². The van der Waals surface area contributed by atoms with Gasteiger partial charge in [-0.25, -0.2) is 8.42 Å². The van der Waals surface area contributed by atoms with Crippen LogP contribution in [0.2, 0.25) is 0 Å². The Hall–Kier alpha value is -1.76. The highest BCUT2D eigenvalue weighted by Gasteiger charge is 2.13. The van der Waals surface area contributed by atoms with E-state index in [1.54, 1.807) is 44.2 Å². The zero-order chi connectivity index (χ0) is 15.5. The van der Waals surface area contributed by atoms with Gasteiger partial charge in [0.05, 0.1) is 17.1 Å². The fourth-order valence-electron chi connectivity index (χ4n) is 1.72. The van der Waals surface area contributed by atoms with E-state index in [1.807, 2.05) is 0 Å². The second kappa shape index (κ2) is 6.13. The molecule has 1 amide bonds. The first-order valence-corrected chi connectivity index (χ1v) is 8.18. The SMILES string of the molecule is CN(C)C(=O)c1ccc(N(C)CCS(C)(=O)=O)c(N)c1. The molecule has 1 aromatic carbocycles. The Kier molecular flexibility index (Phi) is 4.99. The van der Waals surface area contributed by atoms with Crippen LogP contribution in [0, 0.1) is 0 Å². The summed E-state index contributed by atoms with van der Waals surface area (Å²) in [7, 11) is 2.09. The third kappa shape index (κ3) is 4.41. The number of hydrogen-bond acceptors (Lipinski definition) is 5. The molecule has 7 heteroatoms. The van der Waals surface area contributed by atoms with Crippen LogP contribution < -0.4 is 10.6 Å². The van der Waals surface area contributed by atoms with Gasteiger partial charge in [0.15, 0.2) is 0 Å². The van der Waals surface area contributed by atoms with E-state index in [0.29, 0.717) is 23.5 Å². The Morgan fingerprint density at radius 1 is 1.25 bits per heavy atom. The summed E-state index contributed by atoms with van der Waals surface area (Å²) in [5.41, 5.74) is 7.61. The molecule has 112 valence electrons. The highest BCUT2D eigenvalue weighted by atomic mass is 32.2. The Morgan fingerprint density at radius 3 is 2.30 bits per heavy atom. The van der Waals surface area contributed by atoms with Crippen LogP contribution in [0.25, 0.3) is 0 Å². The number of nitrogens with two attached hydrogens (primary N) is 1. The van der Waals surface area contributed by atoms with Crippen molar-refractivity contribution >= 4 is 27.1 Å². The van der Waals surface area contributed by atoms with E-state index in [4.69, 9.17) is 5.73 Å². The topological polar surface area (TPSA) is 83.7 Å². The fraction of sp³-hybridized carbons (Fsp3) is 0.462. The first kappa shape index (κ1) is 16.3. The monoisotopic (exact) mass is 299 g/mol. The Balaban J connectivity index is 2.90. The number of rotatable bonds is 5. The van der Waals surface area contributed by atoms with Gasteiger partial charge >= 0.3 is 0 Å². The van der Waals surface area contributed by atoms with Crippen LogP contribution >= 0.6 is 0 Å². The third-order valence-electron chi connectivity index (χ3n) is 2.89. The van der Waals surface area contributed by atoms with Gasteiger partial charge in [0, 0.05) is 39.5 Å². The first-order chi connectivity index (χ1) is 9.11. The van der Waals surface area contributed by atoms with Crippen molar-refractivity contribution in [3.05, 3.63) is 23.8 Å². The van der Waals surface area contributed by atoms with Crippen LogP contribution in [0.5, 0.6) is 0 Å². The fourth-order valence-corrected chi connectivity index (χ4v) is 2.32. The molecular formula is C13H21N3O3S. The lowest BCUT2D eigenvalue weighted by Gasteiger charge is -2.21. The second-order valence-corrected chi connectivity index (χ2v) is 7.28. The number of carbonyl (C=O) groups excluding carboxylic acids is 1. The zero-order valence-electron chi connectivity index (χ0n) is 12.3. The van der Waals surface area contributed by atoms with Crippen molar-refractivity contribution in [3.8, 4) is 0 Å². The molecule has 0 atom stereocenters. The van der Waals surface area contributed by atoms with Crippen molar-refractivity contribution in [2.75, 3.05) is 50.3 Å². The maximum atomic E-state index is 11.8. The maximum absolute atomic E-state index is 11.8. The number of anilines is 2. The molecule has 0 fully saturated rings. The first-order valence-electron chi connectivity index (χ1n) is 6.12. The Bertz CT molecular complexity index is 597. The van der Waals surface area contributed by atoms with Gasteiger partial charge in [-0.15, -0.1) is 0 Å². The normalized spacial score (nSPS) is 11.2. The average molecular weight is 299 g/mol. The molecule has 0 aromatic heterocycles. The van der Waals surface area contributed by atoms with Crippen molar-refractivity contribution in [3.63, 3.8) is 0 Å². The molecule has 0 saturated carbocycles.